The lowest BCUT2D eigenvalue weighted by Gasteiger charge is -2.18. The summed E-state index contributed by atoms with van der Waals surface area (Å²) in [6.07, 6.45) is 11.1. The number of carbonyl (C=O) groups excluding carboxylic acids is 1. The van der Waals surface area contributed by atoms with E-state index in [1.165, 1.54) is 0 Å². The number of nitrogens with one attached hydrogen (secondary N) is 2. The molecule has 1 unspecified atom stereocenters. The number of hydrogen-bond acceptors (Lipinski definition) is 4. The third-order valence-electron chi connectivity index (χ3n) is 4.27. The van der Waals surface area contributed by atoms with Crippen LogP contribution in [0.3, 0.4) is 0 Å². The van der Waals surface area contributed by atoms with E-state index in [4.69, 9.17) is 4.84 Å². The van der Waals surface area contributed by atoms with Crippen molar-refractivity contribution in [2.45, 2.75) is 25.8 Å². The normalized spacial score (nSPS) is 16.4. The maximum absolute atomic E-state index is 12.4. The summed E-state index contributed by atoms with van der Waals surface area (Å²) in [7, 11) is 0. The molecule has 5 heteroatoms. The molecule has 0 saturated heterocycles. The Balaban J connectivity index is 1.54. The SMILES string of the molecule is O=C(NOCC1CC=CCC1)c1ccccc1NCc1ccncc1. The van der Waals surface area contributed by atoms with E-state index in [1.54, 1.807) is 18.5 Å². The molecule has 0 spiro atoms. The van der Waals surface area contributed by atoms with Crippen LogP contribution in [0.4, 0.5) is 5.69 Å². The number of allylic oxidation sites excluding steroid dienone is 2. The number of hydrogen-bond donors (Lipinski definition) is 2. The van der Waals surface area contributed by atoms with Gasteiger partial charge in [0, 0.05) is 24.6 Å². The minimum Gasteiger partial charge on any atom is -0.380 e. The van der Waals surface area contributed by atoms with E-state index in [2.05, 4.69) is 27.9 Å². The maximum atomic E-state index is 12.4. The van der Waals surface area contributed by atoms with Gasteiger partial charge in [-0.15, -0.1) is 0 Å². The number of pyridine rings is 1. The van der Waals surface area contributed by atoms with Gasteiger partial charge < -0.3 is 5.32 Å². The summed E-state index contributed by atoms with van der Waals surface area (Å²) in [5, 5.41) is 3.30. The smallest absolute Gasteiger partial charge is 0.276 e. The Hall–Kier alpha value is -2.66. The van der Waals surface area contributed by atoms with Gasteiger partial charge in [0.05, 0.1) is 12.2 Å². The molecule has 25 heavy (non-hydrogen) atoms. The van der Waals surface area contributed by atoms with Crippen molar-refractivity contribution in [3.8, 4) is 0 Å². The summed E-state index contributed by atoms with van der Waals surface area (Å²) in [4.78, 5) is 21.9. The third kappa shape index (κ3) is 5.16. The Morgan fingerprint density at radius 2 is 2.00 bits per heavy atom. The van der Waals surface area contributed by atoms with E-state index in [0.717, 1.165) is 30.5 Å². The highest BCUT2D eigenvalue weighted by molar-refractivity contribution is 5.98. The van der Waals surface area contributed by atoms with Gasteiger partial charge in [0.15, 0.2) is 0 Å². The van der Waals surface area contributed by atoms with Crippen molar-refractivity contribution < 1.29 is 9.63 Å². The number of anilines is 1. The first kappa shape index (κ1) is 17.2. The van der Waals surface area contributed by atoms with E-state index in [-0.39, 0.29) is 5.91 Å². The van der Waals surface area contributed by atoms with E-state index in [0.29, 0.717) is 24.6 Å². The first-order valence-corrected chi connectivity index (χ1v) is 8.62. The van der Waals surface area contributed by atoms with Crippen LogP contribution < -0.4 is 10.8 Å². The number of amides is 1. The highest BCUT2D eigenvalue weighted by Gasteiger charge is 2.13. The van der Waals surface area contributed by atoms with Gasteiger partial charge in [-0.25, -0.2) is 5.48 Å². The topological polar surface area (TPSA) is 63.2 Å². The average Bonchev–Trinajstić information content (AvgIpc) is 2.68. The second kappa shape index (κ2) is 8.99. The van der Waals surface area contributed by atoms with E-state index >= 15 is 0 Å². The molecular formula is C20H23N3O2. The van der Waals surface area contributed by atoms with E-state index in [1.807, 2.05) is 30.3 Å². The molecule has 1 heterocycles. The van der Waals surface area contributed by atoms with Gasteiger partial charge in [-0.05, 0) is 55.0 Å². The molecular weight excluding hydrogens is 314 g/mol. The summed E-state index contributed by atoms with van der Waals surface area (Å²) in [6, 6.07) is 11.3. The minimum atomic E-state index is -0.232. The van der Waals surface area contributed by atoms with Gasteiger partial charge in [0.25, 0.3) is 5.91 Å². The molecule has 0 bridgehead atoms. The molecule has 0 radical (unpaired) electrons. The first-order chi connectivity index (χ1) is 12.3. The van der Waals surface area contributed by atoms with Crippen LogP contribution in [-0.4, -0.2) is 17.5 Å². The van der Waals surface area contributed by atoms with E-state index in [9.17, 15) is 4.79 Å². The van der Waals surface area contributed by atoms with Crippen molar-refractivity contribution in [3.05, 3.63) is 72.1 Å². The van der Waals surface area contributed by atoms with Crippen LogP contribution in [-0.2, 0) is 11.4 Å². The van der Waals surface area contributed by atoms with Gasteiger partial charge in [0.1, 0.15) is 0 Å². The fourth-order valence-electron chi connectivity index (χ4n) is 2.82. The molecule has 2 N–H and O–H groups in total. The molecule has 5 nitrogen and oxygen atoms in total. The van der Waals surface area contributed by atoms with Crippen LogP contribution in [0.15, 0.2) is 60.9 Å². The predicted octanol–water partition coefficient (Wildman–Crippen LogP) is 3.71. The summed E-state index contributed by atoms with van der Waals surface area (Å²) >= 11 is 0. The zero-order valence-corrected chi connectivity index (χ0v) is 14.2. The van der Waals surface area contributed by atoms with E-state index < -0.39 is 0 Å². The molecule has 0 aliphatic heterocycles. The summed E-state index contributed by atoms with van der Waals surface area (Å²) in [6.45, 7) is 1.17. The zero-order chi connectivity index (χ0) is 17.3. The van der Waals surface area contributed by atoms with Crippen molar-refractivity contribution in [3.63, 3.8) is 0 Å². The second-order valence-corrected chi connectivity index (χ2v) is 6.15. The monoisotopic (exact) mass is 337 g/mol. The lowest BCUT2D eigenvalue weighted by molar-refractivity contribution is 0.0150. The highest BCUT2D eigenvalue weighted by atomic mass is 16.6. The Bertz CT molecular complexity index is 716. The Morgan fingerprint density at radius 1 is 1.16 bits per heavy atom. The number of para-hydroxylation sites is 1. The van der Waals surface area contributed by atoms with Crippen molar-refractivity contribution in [1.82, 2.24) is 10.5 Å². The van der Waals surface area contributed by atoms with Crippen LogP contribution in [0, 0.1) is 5.92 Å². The second-order valence-electron chi connectivity index (χ2n) is 6.15. The Morgan fingerprint density at radius 3 is 2.80 bits per heavy atom. The number of hydroxylamine groups is 1. The Labute approximate surface area is 148 Å². The number of nitrogens with zero attached hydrogens (tertiary/aromatic N) is 1. The standard InChI is InChI=1S/C20H23N3O2/c24-20(23-25-15-17-6-2-1-3-7-17)18-8-4-5-9-19(18)22-14-16-10-12-21-13-11-16/h1-2,4-5,8-13,17,22H,3,6-7,14-15H2,(H,23,24). The van der Waals surface area contributed by atoms with Crippen LogP contribution >= 0.6 is 0 Å². The molecule has 1 amide bonds. The lowest BCUT2D eigenvalue weighted by atomic mass is 9.95. The van der Waals surface area contributed by atoms with Crippen LogP contribution in [0.2, 0.25) is 0 Å². The van der Waals surface area contributed by atoms with Crippen LogP contribution in [0.5, 0.6) is 0 Å². The Kier molecular flexibility index (Phi) is 6.17. The van der Waals surface area contributed by atoms with Gasteiger partial charge in [0.2, 0.25) is 0 Å². The number of benzene rings is 1. The van der Waals surface area contributed by atoms with Gasteiger partial charge in [-0.1, -0.05) is 24.3 Å². The molecule has 2 aromatic rings. The van der Waals surface area contributed by atoms with Crippen LogP contribution in [0.25, 0.3) is 0 Å². The quantitative estimate of drug-likeness (QED) is 0.597. The predicted molar refractivity (Wildman–Crippen MR) is 97.9 cm³/mol. The third-order valence-corrected chi connectivity index (χ3v) is 4.27. The summed E-state index contributed by atoms with van der Waals surface area (Å²) in [5.41, 5.74) is 5.02. The fourth-order valence-corrected chi connectivity index (χ4v) is 2.82. The summed E-state index contributed by atoms with van der Waals surface area (Å²) in [5.74, 6) is 0.245. The fraction of sp³-hybridized carbons (Fsp3) is 0.300. The number of aromatic nitrogens is 1. The molecule has 3 rings (SSSR count). The minimum absolute atomic E-state index is 0.232. The van der Waals surface area contributed by atoms with Crippen molar-refractivity contribution in [2.24, 2.45) is 5.92 Å². The molecule has 130 valence electrons. The molecule has 0 saturated carbocycles. The van der Waals surface area contributed by atoms with Crippen LogP contribution in [0.1, 0.15) is 35.2 Å². The molecule has 1 aliphatic rings. The highest BCUT2D eigenvalue weighted by Crippen LogP contribution is 2.19. The van der Waals surface area contributed by atoms with Crippen molar-refractivity contribution >= 4 is 11.6 Å². The molecule has 1 aromatic heterocycles. The van der Waals surface area contributed by atoms with Gasteiger partial charge in [-0.3, -0.25) is 14.6 Å². The average molecular weight is 337 g/mol. The maximum Gasteiger partial charge on any atom is 0.276 e. The van der Waals surface area contributed by atoms with Gasteiger partial charge >= 0.3 is 0 Å². The summed E-state index contributed by atoms with van der Waals surface area (Å²) < 4.78 is 0. The van der Waals surface area contributed by atoms with Crippen molar-refractivity contribution in [2.75, 3.05) is 11.9 Å². The molecule has 1 aromatic carbocycles. The lowest BCUT2D eigenvalue weighted by Crippen LogP contribution is -2.27. The number of carbonyl (C=O) groups is 1. The van der Waals surface area contributed by atoms with Gasteiger partial charge in [-0.2, -0.15) is 0 Å². The molecule has 1 atom stereocenters. The molecule has 0 fully saturated rings. The van der Waals surface area contributed by atoms with Crippen molar-refractivity contribution in [1.29, 1.82) is 0 Å². The largest absolute Gasteiger partial charge is 0.380 e. The zero-order valence-electron chi connectivity index (χ0n) is 14.2. The number of rotatable bonds is 7. The molecule has 1 aliphatic carbocycles. The first-order valence-electron chi connectivity index (χ1n) is 8.62.